The summed E-state index contributed by atoms with van der Waals surface area (Å²) >= 11 is 0. The van der Waals surface area contributed by atoms with E-state index in [1.165, 1.54) is 44.9 Å². The predicted molar refractivity (Wildman–Crippen MR) is 68.1 cm³/mol. The van der Waals surface area contributed by atoms with Gasteiger partial charge in [-0.25, -0.2) is 5.01 Å². The van der Waals surface area contributed by atoms with Crippen LogP contribution in [0.25, 0.3) is 0 Å². The van der Waals surface area contributed by atoms with Crippen molar-refractivity contribution in [3.05, 3.63) is 0 Å². The van der Waals surface area contributed by atoms with E-state index in [2.05, 4.69) is 17.4 Å². The highest BCUT2D eigenvalue weighted by atomic mass is 16.3. The molecule has 0 aromatic carbocycles. The van der Waals surface area contributed by atoms with Crippen LogP contribution in [0.2, 0.25) is 0 Å². The Morgan fingerprint density at radius 1 is 1.19 bits per heavy atom. The number of nitrogens with one attached hydrogen (secondary N) is 1. The second-order valence-corrected chi connectivity index (χ2v) is 4.93. The summed E-state index contributed by atoms with van der Waals surface area (Å²) < 4.78 is 0. The summed E-state index contributed by atoms with van der Waals surface area (Å²) in [6.45, 7) is 5.37. The maximum Gasteiger partial charge on any atom is 0.0572 e. The van der Waals surface area contributed by atoms with Crippen molar-refractivity contribution >= 4 is 0 Å². The van der Waals surface area contributed by atoms with Gasteiger partial charge in [0.05, 0.1) is 6.61 Å². The first-order valence-corrected chi connectivity index (χ1v) is 6.96. The van der Waals surface area contributed by atoms with E-state index in [-0.39, 0.29) is 6.61 Å². The van der Waals surface area contributed by atoms with Gasteiger partial charge in [0.25, 0.3) is 0 Å². The van der Waals surface area contributed by atoms with Gasteiger partial charge < -0.3 is 5.11 Å². The number of nitrogens with zero attached hydrogens (tertiary/aromatic N) is 1. The van der Waals surface area contributed by atoms with Gasteiger partial charge in [0, 0.05) is 19.6 Å². The van der Waals surface area contributed by atoms with Crippen molar-refractivity contribution in [2.24, 2.45) is 5.92 Å². The minimum Gasteiger partial charge on any atom is -0.395 e. The smallest absolute Gasteiger partial charge is 0.0572 e. The van der Waals surface area contributed by atoms with E-state index in [9.17, 15) is 0 Å². The van der Waals surface area contributed by atoms with Crippen molar-refractivity contribution in [2.75, 3.05) is 26.2 Å². The second kappa shape index (κ2) is 8.97. The van der Waals surface area contributed by atoms with Gasteiger partial charge in [0.15, 0.2) is 0 Å². The van der Waals surface area contributed by atoms with Crippen LogP contribution < -0.4 is 5.43 Å². The molecule has 1 fully saturated rings. The summed E-state index contributed by atoms with van der Waals surface area (Å²) in [5, 5.41) is 11.2. The van der Waals surface area contributed by atoms with E-state index in [0.29, 0.717) is 0 Å². The molecule has 0 radical (unpaired) electrons. The van der Waals surface area contributed by atoms with Gasteiger partial charge in [0.2, 0.25) is 0 Å². The number of hydrogen-bond acceptors (Lipinski definition) is 3. The van der Waals surface area contributed by atoms with Gasteiger partial charge in [-0.1, -0.05) is 32.6 Å². The molecule has 0 atom stereocenters. The summed E-state index contributed by atoms with van der Waals surface area (Å²) in [6.07, 6.45) is 9.42. The van der Waals surface area contributed by atoms with Crippen LogP contribution in [0.5, 0.6) is 0 Å². The standard InChI is InChI=1S/C13H28N2O/c1-2-3-9-15(10-11-16)14-12-13-7-5-4-6-8-13/h13-14,16H,2-12H2,1H3. The Morgan fingerprint density at radius 3 is 2.56 bits per heavy atom. The van der Waals surface area contributed by atoms with Gasteiger partial charge in [-0.2, -0.15) is 0 Å². The largest absolute Gasteiger partial charge is 0.395 e. The maximum atomic E-state index is 8.99. The third-order valence-corrected chi connectivity index (χ3v) is 3.48. The number of unbranched alkanes of at least 4 members (excludes halogenated alkanes) is 1. The van der Waals surface area contributed by atoms with E-state index in [4.69, 9.17) is 5.11 Å². The Hall–Kier alpha value is -0.120. The number of hydrazine groups is 1. The van der Waals surface area contributed by atoms with Gasteiger partial charge in [0.1, 0.15) is 0 Å². The van der Waals surface area contributed by atoms with Gasteiger partial charge in [-0.3, -0.25) is 5.43 Å². The maximum absolute atomic E-state index is 8.99. The lowest BCUT2D eigenvalue weighted by Crippen LogP contribution is -2.43. The topological polar surface area (TPSA) is 35.5 Å². The van der Waals surface area contributed by atoms with Crippen molar-refractivity contribution in [3.63, 3.8) is 0 Å². The van der Waals surface area contributed by atoms with Crippen LogP contribution in [0.1, 0.15) is 51.9 Å². The zero-order valence-corrected chi connectivity index (χ0v) is 10.7. The Morgan fingerprint density at radius 2 is 1.94 bits per heavy atom. The Labute approximate surface area is 100 Å². The molecule has 0 aliphatic heterocycles. The third kappa shape index (κ3) is 5.83. The molecule has 1 rings (SSSR count). The molecule has 1 aliphatic rings. The van der Waals surface area contributed by atoms with Crippen LogP contribution in [0.3, 0.4) is 0 Å². The average molecular weight is 228 g/mol. The molecule has 2 N–H and O–H groups in total. The molecule has 0 aromatic rings. The quantitative estimate of drug-likeness (QED) is 0.625. The van der Waals surface area contributed by atoms with Crippen molar-refractivity contribution < 1.29 is 5.11 Å². The number of aliphatic hydroxyl groups is 1. The van der Waals surface area contributed by atoms with Crippen LogP contribution in [-0.4, -0.2) is 36.4 Å². The Bertz CT molecular complexity index is 158. The summed E-state index contributed by atoms with van der Waals surface area (Å²) in [5.74, 6) is 0.858. The Balaban J connectivity index is 2.14. The Kier molecular flexibility index (Phi) is 7.81. The number of rotatable bonds is 8. The predicted octanol–water partition coefficient (Wildman–Crippen LogP) is 2.17. The van der Waals surface area contributed by atoms with Crippen molar-refractivity contribution in [3.8, 4) is 0 Å². The molecule has 0 bridgehead atoms. The SMILES string of the molecule is CCCCN(CCO)NCC1CCCCC1. The highest BCUT2D eigenvalue weighted by Crippen LogP contribution is 2.22. The molecule has 0 unspecified atom stereocenters. The summed E-state index contributed by atoms with van der Waals surface area (Å²) in [6, 6.07) is 0. The van der Waals surface area contributed by atoms with Crippen LogP contribution >= 0.6 is 0 Å². The van der Waals surface area contributed by atoms with Crippen molar-refractivity contribution in [1.29, 1.82) is 0 Å². The van der Waals surface area contributed by atoms with Gasteiger partial charge in [-0.05, 0) is 25.2 Å². The van der Waals surface area contributed by atoms with Gasteiger partial charge in [-0.15, -0.1) is 0 Å². The van der Waals surface area contributed by atoms with Crippen LogP contribution in [0.15, 0.2) is 0 Å². The fourth-order valence-electron chi connectivity index (χ4n) is 2.39. The summed E-state index contributed by atoms with van der Waals surface area (Å²) in [4.78, 5) is 0. The lowest BCUT2D eigenvalue weighted by Gasteiger charge is -2.27. The number of hydrogen-bond donors (Lipinski definition) is 2. The van der Waals surface area contributed by atoms with E-state index in [1.54, 1.807) is 0 Å². The third-order valence-electron chi connectivity index (χ3n) is 3.48. The van der Waals surface area contributed by atoms with E-state index in [0.717, 1.165) is 25.6 Å². The normalized spacial score (nSPS) is 18.2. The van der Waals surface area contributed by atoms with Gasteiger partial charge >= 0.3 is 0 Å². The molecular formula is C13H28N2O. The van der Waals surface area contributed by atoms with Crippen molar-refractivity contribution in [2.45, 2.75) is 51.9 Å². The molecule has 3 heteroatoms. The molecule has 0 saturated heterocycles. The molecule has 96 valence electrons. The first kappa shape index (κ1) is 13.9. The summed E-state index contributed by atoms with van der Waals surface area (Å²) in [5.41, 5.74) is 3.50. The van der Waals surface area contributed by atoms with E-state index in [1.807, 2.05) is 0 Å². The molecule has 0 heterocycles. The minimum atomic E-state index is 0.251. The highest BCUT2D eigenvalue weighted by Gasteiger charge is 2.14. The molecular weight excluding hydrogens is 200 g/mol. The fraction of sp³-hybridized carbons (Fsp3) is 1.00. The number of aliphatic hydroxyl groups excluding tert-OH is 1. The lowest BCUT2D eigenvalue weighted by atomic mass is 9.89. The molecule has 1 aliphatic carbocycles. The molecule has 0 spiro atoms. The minimum absolute atomic E-state index is 0.251. The van der Waals surface area contributed by atoms with E-state index >= 15 is 0 Å². The molecule has 0 amide bonds. The summed E-state index contributed by atoms with van der Waals surface area (Å²) in [7, 11) is 0. The van der Waals surface area contributed by atoms with E-state index < -0.39 is 0 Å². The molecule has 0 aromatic heterocycles. The first-order chi connectivity index (χ1) is 7.86. The van der Waals surface area contributed by atoms with Crippen LogP contribution in [-0.2, 0) is 0 Å². The fourth-order valence-corrected chi connectivity index (χ4v) is 2.39. The molecule has 3 nitrogen and oxygen atoms in total. The zero-order valence-electron chi connectivity index (χ0n) is 10.7. The second-order valence-electron chi connectivity index (χ2n) is 4.93. The molecule has 1 saturated carbocycles. The van der Waals surface area contributed by atoms with Crippen LogP contribution in [0, 0.1) is 5.92 Å². The first-order valence-electron chi connectivity index (χ1n) is 6.96. The average Bonchev–Trinajstić information content (AvgIpc) is 2.34. The lowest BCUT2D eigenvalue weighted by molar-refractivity contribution is 0.127. The van der Waals surface area contributed by atoms with Crippen molar-refractivity contribution in [1.82, 2.24) is 10.4 Å². The zero-order chi connectivity index (χ0) is 11.6. The highest BCUT2D eigenvalue weighted by molar-refractivity contribution is 4.67. The van der Waals surface area contributed by atoms with Crippen LogP contribution in [0.4, 0.5) is 0 Å². The monoisotopic (exact) mass is 228 g/mol. The molecule has 16 heavy (non-hydrogen) atoms.